The topological polar surface area (TPSA) is 94.2 Å². The van der Waals surface area contributed by atoms with Crippen molar-refractivity contribution in [1.29, 1.82) is 0 Å². The first-order valence-electron chi connectivity index (χ1n) is 7.80. The summed E-state index contributed by atoms with van der Waals surface area (Å²) in [6, 6.07) is 5.38. The summed E-state index contributed by atoms with van der Waals surface area (Å²) in [5, 5.41) is 2.23. The summed E-state index contributed by atoms with van der Waals surface area (Å²) in [7, 11) is 0. The van der Waals surface area contributed by atoms with Gasteiger partial charge in [0.05, 0.1) is 18.8 Å². The van der Waals surface area contributed by atoms with Crippen molar-refractivity contribution in [3.05, 3.63) is 29.8 Å². The Morgan fingerprint density at radius 1 is 1.19 bits per heavy atom. The van der Waals surface area contributed by atoms with Gasteiger partial charge in [-0.15, -0.1) is 0 Å². The predicted octanol–water partition coefficient (Wildman–Crippen LogP) is 0.420. The third-order valence-electron chi connectivity index (χ3n) is 3.46. The van der Waals surface area contributed by atoms with Gasteiger partial charge in [-0.3, -0.25) is 14.4 Å². The standard InChI is InChI=1S/C16H18F2N2O6/c17-16(18)26-12-4-2-1-3-11(12)15(23)19-9-14(22)25-10-13(21)20-5-7-24-8-6-20/h1-4,16H,5-10H2,(H,19,23). The molecule has 0 bridgehead atoms. The van der Waals surface area contributed by atoms with Gasteiger partial charge in [0.25, 0.3) is 11.8 Å². The number of nitrogens with zero attached hydrogens (tertiary/aromatic N) is 1. The van der Waals surface area contributed by atoms with Gasteiger partial charge < -0.3 is 24.4 Å². The highest BCUT2D eigenvalue weighted by Crippen LogP contribution is 2.19. The number of ether oxygens (including phenoxy) is 3. The second kappa shape index (κ2) is 9.66. The van der Waals surface area contributed by atoms with E-state index in [4.69, 9.17) is 9.47 Å². The first kappa shape index (κ1) is 19.6. The summed E-state index contributed by atoms with van der Waals surface area (Å²) in [6.45, 7) is -2.34. The van der Waals surface area contributed by atoms with Gasteiger partial charge in [0.15, 0.2) is 6.61 Å². The summed E-state index contributed by atoms with van der Waals surface area (Å²) in [4.78, 5) is 37.0. The molecule has 8 nitrogen and oxygen atoms in total. The molecule has 0 saturated carbocycles. The van der Waals surface area contributed by atoms with Gasteiger partial charge in [-0.1, -0.05) is 12.1 Å². The molecule has 1 heterocycles. The number of benzene rings is 1. The zero-order chi connectivity index (χ0) is 18.9. The summed E-state index contributed by atoms with van der Waals surface area (Å²) in [5.74, 6) is -2.27. The number of hydrogen-bond donors (Lipinski definition) is 1. The lowest BCUT2D eigenvalue weighted by Gasteiger charge is -2.26. The lowest BCUT2D eigenvalue weighted by atomic mass is 10.2. The van der Waals surface area contributed by atoms with Crippen molar-refractivity contribution < 1.29 is 37.4 Å². The van der Waals surface area contributed by atoms with Gasteiger partial charge in [-0.05, 0) is 12.1 Å². The highest BCUT2D eigenvalue weighted by Gasteiger charge is 2.19. The molecule has 2 amide bonds. The Labute approximate surface area is 148 Å². The normalized spacial score (nSPS) is 14.0. The van der Waals surface area contributed by atoms with Crippen LogP contribution in [0.2, 0.25) is 0 Å². The molecule has 0 aliphatic carbocycles. The van der Waals surface area contributed by atoms with E-state index in [0.29, 0.717) is 26.3 Å². The molecule has 2 rings (SSSR count). The van der Waals surface area contributed by atoms with E-state index in [0.717, 1.165) is 0 Å². The Morgan fingerprint density at radius 2 is 1.88 bits per heavy atom. The molecule has 0 atom stereocenters. The van der Waals surface area contributed by atoms with Crippen molar-refractivity contribution in [1.82, 2.24) is 10.2 Å². The van der Waals surface area contributed by atoms with Crippen molar-refractivity contribution in [2.24, 2.45) is 0 Å². The number of nitrogens with one attached hydrogen (secondary N) is 1. The molecular weight excluding hydrogens is 354 g/mol. The van der Waals surface area contributed by atoms with Gasteiger partial charge in [0.2, 0.25) is 0 Å². The average molecular weight is 372 g/mol. The minimum atomic E-state index is -3.08. The Balaban J connectivity index is 1.78. The number of hydrogen-bond acceptors (Lipinski definition) is 6. The maximum Gasteiger partial charge on any atom is 0.387 e. The second-order valence-corrected chi connectivity index (χ2v) is 5.21. The number of esters is 1. The van der Waals surface area contributed by atoms with Crippen LogP contribution in [-0.4, -0.2) is 68.7 Å². The summed E-state index contributed by atoms with van der Waals surface area (Å²) >= 11 is 0. The van der Waals surface area contributed by atoms with E-state index >= 15 is 0 Å². The molecule has 1 N–H and O–H groups in total. The number of halogens is 2. The lowest BCUT2D eigenvalue weighted by Crippen LogP contribution is -2.43. The number of morpholine rings is 1. The second-order valence-electron chi connectivity index (χ2n) is 5.21. The fourth-order valence-corrected chi connectivity index (χ4v) is 2.20. The van der Waals surface area contributed by atoms with Crippen LogP contribution in [0, 0.1) is 0 Å². The van der Waals surface area contributed by atoms with Gasteiger partial charge in [-0.2, -0.15) is 8.78 Å². The van der Waals surface area contributed by atoms with Crippen molar-refractivity contribution in [3.63, 3.8) is 0 Å². The van der Waals surface area contributed by atoms with Gasteiger partial charge in [0.1, 0.15) is 12.3 Å². The largest absolute Gasteiger partial charge is 0.454 e. The average Bonchev–Trinajstić information content (AvgIpc) is 2.64. The minimum absolute atomic E-state index is 0.148. The molecule has 0 radical (unpaired) electrons. The number of carbonyl (C=O) groups is 3. The molecule has 1 saturated heterocycles. The van der Waals surface area contributed by atoms with Crippen molar-refractivity contribution >= 4 is 17.8 Å². The number of amides is 2. The van der Waals surface area contributed by atoms with E-state index < -0.39 is 31.6 Å². The quantitative estimate of drug-likeness (QED) is 0.698. The Hall–Kier alpha value is -2.75. The van der Waals surface area contributed by atoms with E-state index in [1.807, 2.05) is 0 Å². The Bertz CT molecular complexity index is 649. The summed E-state index contributed by atoms with van der Waals surface area (Å²) < 4.78 is 38.8. The van der Waals surface area contributed by atoms with Crippen LogP contribution in [0.3, 0.4) is 0 Å². The van der Waals surface area contributed by atoms with Gasteiger partial charge in [-0.25, -0.2) is 0 Å². The van der Waals surface area contributed by atoms with E-state index in [1.54, 1.807) is 0 Å². The van der Waals surface area contributed by atoms with Crippen molar-refractivity contribution in [3.8, 4) is 5.75 Å². The fourth-order valence-electron chi connectivity index (χ4n) is 2.20. The van der Waals surface area contributed by atoms with Crippen LogP contribution in [-0.2, 0) is 19.1 Å². The third-order valence-corrected chi connectivity index (χ3v) is 3.46. The zero-order valence-corrected chi connectivity index (χ0v) is 13.8. The molecule has 1 fully saturated rings. The van der Waals surface area contributed by atoms with Crippen LogP contribution in [0.4, 0.5) is 8.78 Å². The van der Waals surface area contributed by atoms with E-state index in [2.05, 4.69) is 10.1 Å². The molecule has 1 aliphatic heterocycles. The Kier molecular flexibility index (Phi) is 7.27. The molecule has 1 aliphatic rings. The molecule has 0 unspecified atom stereocenters. The summed E-state index contributed by atoms with van der Waals surface area (Å²) in [6.07, 6.45) is 0. The van der Waals surface area contributed by atoms with Crippen LogP contribution in [0.1, 0.15) is 10.4 Å². The highest BCUT2D eigenvalue weighted by atomic mass is 19.3. The molecule has 10 heteroatoms. The monoisotopic (exact) mass is 372 g/mol. The van der Waals surface area contributed by atoms with Gasteiger partial charge >= 0.3 is 12.6 Å². The van der Waals surface area contributed by atoms with Crippen molar-refractivity contribution in [2.75, 3.05) is 39.5 Å². The third kappa shape index (κ3) is 5.96. The summed E-state index contributed by atoms with van der Waals surface area (Å²) in [5.41, 5.74) is -0.148. The molecule has 0 aromatic heterocycles. The van der Waals surface area contributed by atoms with Crippen LogP contribution in [0.25, 0.3) is 0 Å². The molecule has 26 heavy (non-hydrogen) atoms. The van der Waals surface area contributed by atoms with E-state index in [-0.39, 0.29) is 17.2 Å². The fraction of sp³-hybridized carbons (Fsp3) is 0.438. The smallest absolute Gasteiger partial charge is 0.387 e. The number of rotatable bonds is 7. The van der Waals surface area contributed by atoms with Crippen molar-refractivity contribution in [2.45, 2.75) is 6.61 Å². The van der Waals surface area contributed by atoms with Crippen LogP contribution in [0.5, 0.6) is 5.75 Å². The maximum atomic E-state index is 12.3. The number of para-hydroxylation sites is 1. The van der Waals surface area contributed by atoms with Gasteiger partial charge in [0, 0.05) is 13.1 Å². The molecule has 1 aromatic carbocycles. The highest BCUT2D eigenvalue weighted by molar-refractivity contribution is 5.98. The zero-order valence-electron chi connectivity index (χ0n) is 13.8. The number of alkyl halides is 2. The van der Waals surface area contributed by atoms with Crippen LogP contribution >= 0.6 is 0 Å². The van der Waals surface area contributed by atoms with E-state index in [1.165, 1.54) is 29.2 Å². The van der Waals surface area contributed by atoms with Crippen LogP contribution < -0.4 is 10.1 Å². The molecular formula is C16H18F2N2O6. The molecule has 0 spiro atoms. The lowest BCUT2D eigenvalue weighted by molar-refractivity contribution is -0.152. The predicted molar refractivity (Wildman–Crippen MR) is 83.8 cm³/mol. The molecule has 1 aromatic rings. The first-order valence-corrected chi connectivity index (χ1v) is 7.80. The van der Waals surface area contributed by atoms with E-state index in [9.17, 15) is 23.2 Å². The Morgan fingerprint density at radius 3 is 2.58 bits per heavy atom. The maximum absolute atomic E-state index is 12.3. The van der Waals surface area contributed by atoms with Crippen LogP contribution in [0.15, 0.2) is 24.3 Å². The SMILES string of the molecule is O=C(CNC(=O)c1ccccc1OC(F)F)OCC(=O)N1CCOCC1. The first-order chi connectivity index (χ1) is 12.5. The molecule has 142 valence electrons. The minimum Gasteiger partial charge on any atom is -0.454 e. The number of carbonyl (C=O) groups excluding carboxylic acids is 3.